The topological polar surface area (TPSA) is 67.1 Å². The first-order valence-electron chi connectivity index (χ1n) is 11.4. The third-order valence-electron chi connectivity index (χ3n) is 5.90. The summed E-state index contributed by atoms with van der Waals surface area (Å²) in [5, 5.41) is 0.416. The summed E-state index contributed by atoms with van der Waals surface area (Å²) in [5.41, 5.74) is -0.959. The summed E-state index contributed by atoms with van der Waals surface area (Å²) in [7, 11) is 0.476. The molecule has 0 saturated heterocycles. The molecule has 2 unspecified atom stereocenters. The van der Waals surface area contributed by atoms with Gasteiger partial charge in [0.2, 0.25) is 0 Å². The van der Waals surface area contributed by atoms with Crippen molar-refractivity contribution in [1.82, 2.24) is 0 Å². The van der Waals surface area contributed by atoms with Crippen LogP contribution in [0.2, 0.25) is 12.6 Å². The molecule has 2 aromatic carbocycles. The summed E-state index contributed by atoms with van der Waals surface area (Å²) >= 11 is 0. The third-order valence-corrected chi connectivity index (χ3v) is 8.83. The van der Waals surface area contributed by atoms with Gasteiger partial charge in [-0.2, -0.15) is 0 Å². The highest BCUT2D eigenvalue weighted by Gasteiger charge is 2.33. The lowest BCUT2D eigenvalue weighted by Gasteiger charge is -2.24. The molecule has 2 atom stereocenters. The van der Waals surface area contributed by atoms with E-state index in [2.05, 4.69) is 4.74 Å². The molecule has 202 valence electrons. The van der Waals surface area contributed by atoms with Crippen molar-refractivity contribution in [3.05, 3.63) is 59.0 Å². The number of fused-ring (bicyclic) bond motifs is 1. The van der Waals surface area contributed by atoms with Crippen molar-refractivity contribution in [2.75, 3.05) is 20.8 Å². The largest absolute Gasteiger partial charge is 0.573 e. The van der Waals surface area contributed by atoms with Crippen LogP contribution < -0.4 is 15.1 Å². The molecule has 0 aliphatic rings. The fourth-order valence-electron chi connectivity index (χ4n) is 3.61. The summed E-state index contributed by atoms with van der Waals surface area (Å²) in [4.78, 5) is 12.6. The van der Waals surface area contributed by atoms with Gasteiger partial charge in [-0.3, -0.25) is 0 Å². The maximum absolute atomic E-state index is 14.3. The SMILES string of the molecule is CO[Si](C)(CCC(F)C(F)CCOc1ccc2cc(-c3ccccc3OC(F)(F)F)c(=O)oc2c1)OC. The van der Waals surface area contributed by atoms with Crippen molar-refractivity contribution in [3.63, 3.8) is 0 Å². The summed E-state index contributed by atoms with van der Waals surface area (Å²) in [5.74, 6) is -0.282. The molecule has 1 heterocycles. The Labute approximate surface area is 211 Å². The molecule has 3 rings (SSSR count). The molecule has 0 bridgehead atoms. The van der Waals surface area contributed by atoms with Gasteiger partial charge in [0.1, 0.15) is 29.4 Å². The molecule has 12 heteroatoms. The molecule has 0 fully saturated rings. The molecular formula is C25H27F5O6Si. The molecule has 3 aromatic rings. The quantitative estimate of drug-likeness (QED) is 0.146. The number of ether oxygens (including phenoxy) is 2. The second kappa shape index (κ2) is 12.1. The predicted molar refractivity (Wildman–Crippen MR) is 130 cm³/mol. The molecule has 6 nitrogen and oxygen atoms in total. The molecule has 0 aliphatic carbocycles. The molecule has 0 aliphatic heterocycles. The Morgan fingerprint density at radius 2 is 1.62 bits per heavy atom. The summed E-state index contributed by atoms with van der Waals surface area (Å²) in [6, 6.07) is 11.4. The minimum Gasteiger partial charge on any atom is -0.493 e. The monoisotopic (exact) mass is 546 g/mol. The van der Waals surface area contributed by atoms with E-state index in [9.17, 15) is 26.7 Å². The Hall–Kier alpha value is -2.96. The Kier molecular flexibility index (Phi) is 9.32. The Morgan fingerprint density at radius 3 is 2.30 bits per heavy atom. The van der Waals surface area contributed by atoms with E-state index in [4.69, 9.17) is 18.0 Å². The maximum Gasteiger partial charge on any atom is 0.573 e. The van der Waals surface area contributed by atoms with Crippen LogP contribution in [0.25, 0.3) is 22.1 Å². The number of benzene rings is 2. The zero-order valence-corrected chi connectivity index (χ0v) is 21.4. The zero-order valence-electron chi connectivity index (χ0n) is 20.4. The van der Waals surface area contributed by atoms with Crippen LogP contribution in [0.1, 0.15) is 12.8 Å². The third kappa shape index (κ3) is 7.76. The second-order valence-electron chi connectivity index (χ2n) is 8.44. The molecule has 0 amide bonds. The normalized spacial score (nSPS) is 13.9. The van der Waals surface area contributed by atoms with Gasteiger partial charge in [0.15, 0.2) is 0 Å². The highest BCUT2D eigenvalue weighted by atomic mass is 28.4. The van der Waals surface area contributed by atoms with Gasteiger partial charge in [-0.25, -0.2) is 13.6 Å². The van der Waals surface area contributed by atoms with Crippen LogP contribution >= 0.6 is 0 Å². The van der Waals surface area contributed by atoms with Gasteiger partial charge in [0, 0.05) is 37.7 Å². The molecular weight excluding hydrogens is 519 g/mol. The van der Waals surface area contributed by atoms with Crippen molar-refractivity contribution < 1.29 is 44.7 Å². The van der Waals surface area contributed by atoms with Gasteiger partial charge in [-0.05, 0) is 43.3 Å². The molecule has 0 radical (unpaired) electrons. The average Bonchev–Trinajstić information content (AvgIpc) is 2.86. The molecule has 0 N–H and O–H groups in total. The van der Waals surface area contributed by atoms with E-state index in [1.165, 1.54) is 56.7 Å². The van der Waals surface area contributed by atoms with E-state index in [1.54, 1.807) is 6.55 Å². The Morgan fingerprint density at radius 1 is 0.946 bits per heavy atom. The average molecular weight is 547 g/mol. The summed E-state index contributed by atoms with van der Waals surface area (Å²) < 4.78 is 92.1. The highest BCUT2D eigenvalue weighted by molar-refractivity contribution is 6.65. The van der Waals surface area contributed by atoms with Crippen LogP contribution in [-0.2, 0) is 8.85 Å². The minimum atomic E-state index is -4.93. The van der Waals surface area contributed by atoms with Crippen molar-refractivity contribution >= 4 is 19.5 Å². The molecule has 0 saturated carbocycles. The van der Waals surface area contributed by atoms with Crippen LogP contribution in [0.4, 0.5) is 22.0 Å². The number of rotatable bonds is 12. The molecule has 1 aromatic heterocycles. The first kappa shape index (κ1) is 28.6. The molecule has 0 spiro atoms. The lowest BCUT2D eigenvalue weighted by molar-refractivity contribution is -0.274. The minimum absolute atomic E-state index is 0.0355. The summed E-state index contributed by atoms with van der Waals surface area (Å²) in [6.07, 6.45) is -8.61. The van der Waals surface area contributed by atoms with Gasteiger partial charge >= 0.3 is 20.5 Å². The van der Waals surface area contributed by atoms with Crippen molar-refractivity contribution in [3.8, 4) is 22.6 Å². The van der Waals surface area contributed by atoms with E-state index in [0.29, 0.717) is 11.4 Å². The van der Waals surface area contributed by atoms with E-state index >= 15 is 0 Å². The van der Waals surface area contributed by atoms with Crippen molar-refractivity contribution in [2.45, 2.75) is 44.1 Å². The number of hydrogen-bond donors (Lipinski definition) is 0. The Balaban J connectivity index is 1.67. The van der Waals surface area contributed by atoms with Crippen molar-refractivity contribution in [1.29, 1.82) is 0 Å². The maximum atomic E-state index is 14.3. The predicted octanol–water partition coefficient (Wildman–Crippen LogP) is 6.56. The van der Waals surface area contributed by atoms with Crippen LogP contribution in [-0.4, -0.2) is 48.1 Å². The first-order valence-corrected chi connectivity index (χ1v) is 13.9. The van der Waals surface area contributed by atoms with Gasteiger partial charge in [-0.15, -0.1) is 13.2 Å². The van der Waals surface area contributed by atoms with E-state index in [-0.39, 0.29) is 41.9 Å². The van der Waals surface area contributed by atoms with Gasteiger partial charge < -0.3 is 22.7 Å². The molecule has 37 heavy (non-hydrogen) atoms. The Bertz CT molecular complexity index is 1240. The number of halogens is 5. The highest BCUT2D eigenvalue weighted by Crippen LogP contribution is 2.34. The lowest BCUT2D eigenvalue weighted by Crippen LogP contribution is -2.37. The standard InChI is InChI=1S/C25H27F5O6Si/c1-32-37(3,33-2)13-11-21(27)20(26)10-12-34-17-9-8-16-14-19(24(31)35-23(16)15-17)18-6-4-5-7-22(18)36-25(28,29)30/h4-9,14-15,20-21H,10-13H2,1-3H3. The number of para-hydroxylation sites is 1. The number of alkyl halides is 5. The zero-order chi connectivity index (χ0) is 27.2. The summed E-state index contributed by atoms with van der Waals surface area (Å²) in [6.45, 7) is 1.65. The van der Waals surface area contributed by atoms with E-state index in [0.717, 1.165) is 6.07 Å². The second-order valence-corrected chi connectivity index (χ2v) is 12.0. The van der Waals surface area contributed by atoms with Gasteiger partial charge in [0.25, 0.3) is 0 Å². The van der Waals surface area contributed by atoms with Crippen molar-refractivity contribution in [2.24, 2.45) is 0 Å². The van der Waals surface area contributed by atoms with Gasteiger partial charge in [-0.1, -0.05) is 18.2 Å². The fraction of sp³-hybridized carbons (Fsp3) is 0.400. The van der Waals surface area contributed by atoms with E-state index in [1.807, 2.05) is 0 Å². The first-order chi connectivity index (χ1) is 17.4. The number of hydrogen-bond acceptors (Lipinski definition) is 6. The van der Waals surface area contributed by atoms with Crippen LogP contribution in [0.15, 0.2) is 57.7 Å². The van der Waals surface area contributed by atoms with E-state index < -0.39 is 38.6 Å². The fourth-order valence-corrected chi connectivity index (χ4v) is 4.99. The van der Waals surface area contributed by atoms with Crippen LogP contribution in [0.5, 0.6) is 11.5 Å². The van der Waals surface area contributed by atoms with Crippen LogP contribution in [0.3, 0.4) is 0 Å². The van der Waals surface area contributed by atoms with Gasteiger partial charge in [0.05, 0.1) is 12.2 Å². The lowest BCUT2D eigenvalue weighted by atomic mass is 10.0. The smallest absolute Gasteiger partial charge is 0.493 e. The van der Waals surface area contributed by atoms with Crippen LogP contribution in [0, 0.1) is 0 Å².